The van der Waals surface area contributed by atoms with Crippen LogP contribution in [0.2, 0.25) is 0 Å². The summed E-state index contributed by atoms with van der Waals surface area (Å²) in [6.45, 7) is 0.221. The Labute approximate surface area is 302 Å². The van der Waals surface area contributed by atoms with E-state index in [9.17, 15) is 30.0 Å². The Kier molecular flexibility index (Phi) is 11.3. The number of hydrogen-bond acceptors (Lipinski definition) is 7. The number of Topliss-reactive ketones (excluding diaryl/α,β-unsaturated/α-hetero) is 2. The lowest BCUT2D eigenvalue weighted by Crippen LogP contribution is -2.30. The number of benzene rings is 3. The van der Waals surface area contributed by atoms with Crippen molar-refractivity contribution in [2.45, 2.75) is 57.3 Å². The first-order valence-electron chi connectivity index (χ1n) is 17.5. The van der Waals surface area contributed by atoms with Crippen molar-refractivity contribution in [2.75, 3.05) is 13.7 Å². The van der Waals surface area contributed by atoms with Gasteiger partial charge in [-0.3, -0.25) is 9.59 Å². The van der Waals surface area contributed by atoms with Crippen LogP contribution in [0.5, 0.6) is 28.7 Å². The standard InChI is InChI=1S/C42H43N3O7/c1-52-40-22-27(10-14-37(40)49)9-12-32(47)24-39(51)41-30(25-45-42-29(15-17-44-42)19-28-11-13-36(48)38(50)21-28)23-35-33(16-18-43-35)34(41)8-3-2-5-26-6-4-7-31(46)20-26/h4,6-7,10-11,13-18,20-23,34,41,44,46,48-50H,2-3,5,8-9,12,19,24-25H2,1H3/q-2. The highest BCUT2D eigenvalue weighted by molar-refractivity contribution is 6.02. The SMILES string of the molecule is COc1cc(CCC(=O)CC(=O)C2C(C[N-]c3[nH]ccc3Cc3ccc(O)c(O)c3)=Cc3[n-]ccc3C2CCCCc2cccc(O)c2)ccc1O. The normalized spacial score (nSPS) is 15.1. The number of aromatic hydroxyl groups is 4. The third kappa shape index (κ3) is 8.69. The van der Waals surface area contributed by atoms with E-state index >= 15 is 0 Å². The van der Waals surface area contributed by atoms with Gasteiger partial charge in [-0.25, -0.2) is 0 Å². The number of nitrogens with one attached hydrogen (secondary N) is 1. The molecule has 1 aliphatic carbocycles. The van der Waals surface area contributed by atoms with E-state index in [1.54, 1.807) is 42.7 Å². The molecule has 3 aromatic carbocycles. The van der Waals surface area contributed by atoms with Crippen LogP contribution < -0.4 is 9.72 Å². The van der Waals surface area contributed by atoms with Gasteiger partial charge in [-0.2, -0.15) is 6.20 Å². The summed E-state index contributed by atoms with van der Waals surface area (Å²) in [5.41, 5.74) is 6.18. The smallest absolute Gasteiger partial charge is 0.160 e. The van der Waals surface area contributed by atoms with E-state index in [4.69, 9.17) is 10.1 Å². The summed E-state index contributed by atoms with van der Waals surface area (Å²) >= 11 is 0. The minimum atomic E-state index is -0.564. The third-order valence-corrected chi connectivity index (χ3v) is 9.75. The van der Waals surface area contributed by atoms with E-state index in [2.05, 4.69) is 9.97 Å². The van der Waals surface area contributed by atoms with Gasteiger partial charge in [0, 0.05) is 12.3 Å². The lowest BCUT2D eigenvalue weighted by molar-refractivity contribution is -0.129. The van der Waals surface area contributed by atoms with Crippen LogP contribution in [0.25, 0.3) is 11.4 Å². The van der Waals surface area contributed by atoms with E-state index in [1.807, 2.05) is 30.3 Å². The number of ether oxygens (including phenoxy) is 1. The first kappa shape index (κ1) is 35.9. The van der Waals surface area contributed by atoms with Gasteiger partial charge in [0.25, 0.3) is 0 Å². The molecule has 0 spiro atoms. The van der Waals surface area contributed by atoms with Crippen LogP contribution in [0.3, 0.4) is 0 Å². The zero-order valence-electron chi connectivity index (χ0n) is 29.1. The molecule has 6 rings (SSSR count). The van der Waals surface area contributed by atoms with Gasteiger partial charge >= 0.3 is 0 Å². The molecular formula is C42H43N3O7-2. The molecule has 2 unspecified atom stereocenters. The molecule has 2 aromatic heterocycles. The second kappa shape index (κ2) is 16.4. The van der Waals surface area contributed by atoms with Crippen molar-refractivity contribution in [3.63, 3.8) is 0 Å². The summed E-state index contributed by atoms with van der Waals surface area (Å²) in [6.07, 6.45) is 9.53. The number of aryl methyl sites for hydroxylation is 2. The molecule has 0 amide bonds. The number of methoxy groups -OCH3 is 1. The highest BCUT2D eigenvalue weighted by Gasteiger charge is 2.35. The lowest BCUT2D eigenvalue weighted by Gasteiger charge is -2.36. The minimum absolute atomic E-state index is 0.0234. The van der Waals surface area contributed by atoms with Crippen LogP contribution >= 0.6 is 0 Å². The first-order valence-corrected chi connectivity index (χ1v) is 17.5. The zero-order valence-corrected chi connectivity index (χ0v) is 29.1. The van der Waals surface area contributed by atoms with Crippen LogP contribution in [0.4, 0.5) is 5.82 Å². The van der Waals surface area contributed by atoms with Crippen LogP contribution in [-0.2, 0) is 28.9 Å². The second-order valence-electron chi connectivity index (χ2n) is 13.4. The lowest BCUT2D eigenvalue weighted by atomic mass is 9.71. The summed E-state index contributed by atoms with van der Waals surface area (Å²) in [5, 5.41) is 44.5. The van der Waals surface area contributed by atoms with Gasteiger partial charge in [-0.05, 0) is 103 Å². The van der Waals surface area contributed by atoms with Gasteiger partial charge in [0.1, 0.15) is 17.3 Å². The summed E-state index contributed by atoms with van der Waals surface area (Å²) in [7, 11) is 1.47. The number of fused-ring (bicyclic) bond motifs is 1. The molecule has 10 nitrogen and oxygen atoms in total. The maximum absolute atomic E-state index is 14.3. The molecule has 1 aliphatic rings. The maximum Gasteiger partial charge on any atom is 0.160 e. The topological polar surface area (TPSA) is 168 Å². The first-order chi connectivity index (χ1) is 25.2. The Morgan fingerprint density at radius 3 is 2.48 bits per heavy atom. The highest BCUT2D eigenvalue weighted by Crippen LogP contribution is 2.44. The van der Waals surface area contributed by atoms with E-state index < -0.39 is 5.92 Å². The number of aromatic nitrogens is 2. The third-order valence-electron chi connectivity index (χ3n) is 9.75. The summed E-state index contributed by atoms with van der Waals surface area (Å²) < 4.78 is 5.21. The average Bonchev–Trinajstić information content (AvgIpc) is 3.79. The van der Waals surface area contributed by atoms with Gasteiger partial charge in [-0.1, -0.05) is 72.0 Å². The largest absolute Gasteiger partial charge is 0.664 e. The van der Waals surface area contributed by atoms with Crippen molar-refractivity contribution >= 4 is 23.5 Å². The number of rotatable bonds is 17. The number of unbranched alkanes of at least 4 members (excludes halogenated alkanes) is 1. The van der Waals surface area contributed by atoms with Gasteiger partial charge in [0.2, 0.25) is 0 Å². The Bertz CT molecular complexity index is 2060. The van der Waals surface area contributed by atoms with Crippen LogP contribution in [0, 0.1) is 5.92 Å². The number of carbonyl (C=O) groups is 2. The van der Waals surface area contributed by atoms with Crippen LogP contribution in [0.1, 0.15) is 71.5 Å². The summed E-state index contributed by atoms with van der Waals surface area (Å²) in [5.74, 6) is -0.190. The van der Waals surface area contributed by atoms with Gasteiger partial charge in [0.05, 0.1) is 13.5 Å². The molecule has 5 aromatic rings. The number of nitrogens with zero attached hydrogens (tertiary/aromatic N) is 2. The van der Waals surface area contributed by atoms with Crippen molar-refractivity contribution in [2.24, 2.45) is 5.92 Å². The molecule has 0 saturated heterocycles. The molecule has 0 fully saturated rings. The van der Waals surface area contributed by atoms with Gasteiger partial charge in [-0.15, -0.1) is 5.69 Å². The molecular weight excluding hydrogens is 658 g/mol. The molecule has 0 radical (unpaired) electrons. The molecule has 270 valence electrons. The van der Waals surface area contributed by atoms with E-state index in [-0.39, 0.29) is 59.9 Å². The molecule has 2 heterocycles. The van der Waals surface area contributed by atoms with Crippen molar-refractivity contribution in [1.29, 1.82) is 0 Å². The predicted octanol–water partition coefficient (Wildman–Crippen LogP) is 7.77. The summed E-state index contributed by atoms with van der Waals surface area (Å²) in [6, 6.07) is 20.8. The Balaban J connectivity index is 1.19. The van der Waals surface area contributed by atoms with Gasteiger partial charge < -0.3 is 40.4 Å². The quantitative estimate of drug-likeness (QED) is 0.0372. The molecule has 2 atom stereocenters. The number of phenolic OH excluding ortho intramolecular Hbond substituents is 4. The van der Waals surface area contributed by atoms with E-state index in [1.165, 1.54) is 25.3 Å². The maximum atomic E-state index is 14.3. The molecule has 0 saturated carbocycles. The average molecular weight is 702 g/mol. The number of carbonyl (C=O) groups excluding carboxylic acids is 2. The molecule has 0 bridgehead atoms. The van der Waals surface area contributed by atoms with Crippen LogP contribution in [0.15, 0.2) is 90.8 Å². The van der Waals surface area contributed by atoms with Crippen molar-refractivity contribution in [1.82, 2.24) is 9.97 Å². The van der Waals surface area contributed by atoms with Crippen LogP contribution in [-0.4, -0.2) is 50.6 Å². The highest BCUT2D eigenvalue weighted by atomic mass is 16.5. The molecule has 10 heteroatoms. The minimum Gasteiger partial charge on any atom is -0.664 e. The zero-order chi connectivity index (χ0) is 36.6. The van der Waals surface area contributed by atoms with Crippen molar-refractivity contribution in [3.8, 4) is 28.7 Å². The molecule has 5 N–H and O–H groups in total. The van der Waals surface area contributed by atoms with Gasteiger partial charge in [0.15, 0.2) is 23.0 Å². The number of aromatic amines is 1. The second-order valence-corrected chi connectivity index (χ2v) is 13.4. The number of H-pyrrole nitrogens is 1. The molecule has 52 heavy (non-hydrogen) atoms. The van der Waals surface area contributed by atoms with Crippen molar-refractivity contribution in [3.05, 3.63) is 130 Å². The Morgan fingerprint density at radius 1 is 0.865 bits per heavy atom. The Morgan fingerprint density at radius 2 is 1.67 bits per heavy atom. The fourth-order valence-electron chi connectivity index (χ4n) is 7.10. The van der Waals surface area contributed by atoms with E-state index in [0.29, 0.717) is 30.8 Å². The fourth-order valence-corrected chi connectivity index (χ4v) is 7.10. The van der Waals surface area contributed by atoms with Crippen molar-refractivity contribution < 1.29 is 34.8 Å². The fraction of sp³-hybridized carbons (Fsp3) is 0.286. The number of hydrogen-bond donors (Lipinski definition) is 5. The number of phenols is 4. The predicted molar refractivity (Wildman–Crippen MR) is 198 cm³/mol. The monoisotopic (exact) mass is 701 g/mol. The molecule has 0 aliphatic heterocycles. The number of ketones is 2. The summed E-state index contributed by atoms with van der Waals surface area (Å²) in [4.78, 5) is 35.4. The Hall–Kier alpha value is -5.90. The van der Waals surface area contributed by atoms with E-state index in [0.717, 1.165) is 58.3 Å².